The minimum atomic E-state index is 0.526. The summed E-state index contributed by atoms with van der Waals surface area (Å²) < 4.78 is 8.45. The van der Waals surface area contributed by atoms with Crippen LogP contribution in [0.2, 0.25) is 0 Å². The summed E-state index contributed by atoms with van der Waals surface area (Å²) >= 11 is 1.58. The maximum Gasteiger partial charge on any atom is 0.409 e. The number of nitriles is 1. The Morgan fingerprint density at radius 2 is 1.93 bits per heavy atom. The number of ether oxygens (including phenoxy) is 1. The summed E-state index contributed by atoms with van der Waals surface area (Å²) in [6.07, 6.45) is 2.77. The lowest BCUT2D eigenvalue weighted by atomic mass is 10.2. The first kappa shape index (κ1) is 20.7. The molecule has 7 heteroatoms. The van der Waals surface area contributed by atoms with Gasteiger partial charge in [-0.15, -0.1) is 0 Å². The smallest absolute Gasteiger partial charge is 0.409 e. The topological polar surface area (TPSA) is 64.9 Å². The summed E-state index contributed by atoms with van der Waals surface area (Å²) in [5, 5.41) is 18.6. The van der Waals surface area contributed by atoms with Gasteiger partial charge < -0.3 is 9.64 Å². The molecule has 0 atom stereocenters. The van der Waals surface area contributed by atoms with Crippen molar-refractivity contribution in [2.75, 3.05) is 25.1 Å². The zero-order chi connectivity index (χ0) is 20.6. The molecule has 6 nitrogen and oxygen atoms in total. The second-order valence-corrected chi connectivity index (χ2v) is 7.75. The monoisotopic (exact) mass is 408 g/mol. The Bertz CT molecular complexity index is 1020. The number of nitrogens with zero attached hydrogens (tertiary/aromatic N) is 5. The van der Waals surface area contributed by atoms with Crippen molar-refractivity contribution >= 4 is 38.1 Å². The fourth-order valence-electron chi connectivity index (χ4n) is 3.07. The number of azo groups is 1. The van der Waals surface area contributed by atoms with E-state index in [0.717, 1.165) is 58.4 Å². The van der Waals surface area contributed by atoms with Crippen LogP contribution in [0.3, 0.4) is 0 Å². The first-order valence-corrected chi connectivity index (χ1v) is 10.6. The molecule has 0 bridgehead atoms. The van der Waals surface area contributed by atoms with Crippen LogP contribution in [0.25, 0.3) is 10.2 Å². The molecule has 0 aliphatic carbocycles. The van der Waals surface area contributed by atoms with E-state index in [9.17, 15) is 0 Å². The predicted molar refractivity (Wildman–Crippen MR) is 118 cm³/mol. The summed E-state index contributed by atoms with van der Waals surface area (Å²) in [5.41, 5.74) is 3.02. The normalized spacial score (nSPS) is 11.1. The van der Waals surface area contributed by atoms with E-state index in [-0.39, 0.29) is 0 Å². The van der Waals surface area contributed by atoms with Crippen LogP contribution < -0.4 is 14.2 Å². The molecule has 0 aliphatic rings. The SMILES string of the molecule is CCCCN(CCC#N)c1ccc(N=Nc2sc3cc(OC)ccc3[n+]2C)cc1. The molecule has 1 heterocycles. The summed E-state index contributed by atoms with van der Waals surface area (Å²) in [4.78, 5) is 2.26. The van der Waals surface area contributed by atoms with E-state index in [4.69, 9.17) is 10.00 Å². The maximum absolute atomic E-state index is 8.90. The van der Waals surface area contributed by atoms with E-state index in [2.05, 4.69) is 40.3 Å². The highest BCUT2D eigenvalue weighted by molar-refractivity contribution is 7.21. The second-order valence-electron chi connectivity index (χ2n) is 6.74. The van der Waals surface area contributed by atoms with Gasteiger partial charge in [0.05, 0.1) is 36.5 Å². The minimum absolute atomic E-state index is 0.526. The summed E-state index contributed by atoms with van der Waals surface area (Å²) in [6.45, 7) is 3.88. The number of aryl methyl sites for hydroxylation is 1. The number of hydrogen-bond acceptors (Lipinski definition) is 6. The Morgan fingerprint density at radius 1 is 1.14 bits per heavy atom. The van der Waals surface area contributed by atoms with Crippen LogP contribution in [0.15, 0.2) is 52.7 Å². The summed E-state index contributed by atoms with van der Waals surface area (Å²) in [6, 6.07) is 16.3. The van der Waals surface area contributed by atoms with Gasteiger partial charge in [-0.25, -0.2) is 4.57 Å². The molecular weight excluding hydrogens is 382 g/mol. The van der Waals surface area contributed by atoms with Crippen molar-refractivity contribution in [2.24, 2.45) is 17.3 Å². The molecule has 1 aromatic heterocycles. The van der Waals surface area contributed by atoms with Crippen molar-refractivity contribution in [3.63, 3.8) is 0 Å². The first-order valence-electron chi connectivity index (χ1n) is 9.76. The lowest BCUT2D eigenvalue weighted by Gasteiger charge is -2.23. The van der Waals surface area contributed by atoms with Gasteiger partial charge in [0.15, 0.2) is 0 Å². The lowest BCUT2D eigenvalue weighted by Crippen LogP contribution is -2.25. The Labute approximate surface area is 175 Å². The Hall–Kier alpha value is -2.98. The molecule has 3 rings (SSSR count). The highest BCUT2D eigenvalue weighted by atomic mass is 32.1. The molecule has 29 heavy (non-hydrogen) atoms. The molecule has 3 aromatic rings. The minimum Gasteiger partial charge on any atom is -0.497 e. The quantitative estimate of drug-likeness (QED) is 0.338. The third kappa shape index (κ3) is 5.09. The van der Waals surface area contributed by atoms with Crippen molar-refractivity contribution < 1.29 is 9.30 Å². The van der Waals surface area contributed by atoms with Crippen molar-refractivity contribution in [2.45, 2.75) is 26.2 Å². The van der Waals surface area contributed by atoms with Crippen LogP contribution in [0, 0.1) is 11.3 Å². The third-order valence-electron chi connectivity index (χ3n) is 4.76. The number of benzene rings is 2. The third-order valence-corrected chi connectivity index (χ3v) is 5.84. The largest absolute Gasteiger partial charge is 0.497 e. The van der Waals surface area contributed by atoms with Gasteiger partial charge in [-0.05, 0) is 59.3 Å². The van der Waals surface area contributed by atoms with E-state index in [1.165, 1.54) is 0 Å². The van der Waals surface area contributed by atoms with Crippen molar-refractivity contribution in [1.82, 2.24) is 0 Å². The van der Waals surface area contributed by atoms with Crippen LogP contribution in [0.1, 0.15) is 26.2 Å². The van der Waals surface area contributed by atoms with Crippen LogP contribution in [0.5, 0.6) is 5.75 Å². The number of anilines is 1. The van der Waals surface area contributed by atoms with Crippen LogP contribution >= 0.6 is 11.3 Å². The van der Waals surface area contributed by atoms with Gasteiger partial charge in [0.25, 0.3) is 0 Å². The van der Waals surface area contributed by atoms with E-state index in [1.807, 2.05) is 41.9 Å². The number of hydrogen-bond donors (Lipinski definition) is 0. The van der Waals surface area contributed by atoms with Crippen molar-refractivity contribution in [1.29, 1.82) is 5.26 Å². The molecule has 0 saturated heterocycles. The van der Waals surface area contributed by atoms with E-state index < -0.39 is 0 Å². The zero-order valence-corrected chi connectivity index (χ0v) is 17.9. The van der Waals surface area contributed by atoms with Crippen LogP contribution in [-0.2, 0) is 7.05 Å². The fraction of sp³-hybridized carbons (Fsp3) is 0.364. The van der Waals surface area contributed by atoms with Crippen LogP contribution in [-0.4, -0.2) is 20.2 Å². The molecule has 0 fully saturated rings. The number of rotatable bonds is 9. The second kappa shape index (κ2) is 9.99. The highest BCUT2D eigenvalue weighted by Gasteiger charge is 2.16. The van der Waals surface area contributed by atoms with Crippen molar-refractivity contribution in [3.8, 4) is 11.8 Å². The van der Waals surface area contributed by atoms with Gasteiger partial charge in [-0.1, -0.05) is 13.3 Å². The highest BCUT2D eigenvalue weighted by Crippen LogP contribution is 2.30. The number of unbranched alkanes of at least 4 members (excludes halogenated alkanes) is 1. The molecule has 150 valence electrons. The van der Waals surface area contributed by atoms with Gasteiger partial charge in [0.1, 0.15) is 17.0 Å². The molecule has 0 saturated carbocycles. The Morgan fingerprint density at radius 3 is 2.62 bits per heavy atom. The molecule has 0 spiro atoms. The molecular formula is C22H26N5OS+. The zero-order valence-electron chi connectivity index (χ0n) is 17.1. The van der Waals surface area contributed by atoms with Gasteiger partial charge in [0.2, 0.25) is 0 Å². The maximum atomic E-state index is 8.90. The number of thiazole rings is 1. The summed E-state index contributed by atoms with van der Waals surface area (Å²) in [5.74, 6) is 0.836. The number of aromatic nitrogens is 1. The van der Waals surface area contributed by atoms with Gasteiger partial charge in [0, 0.05) is 24.8 Å². The molecule has 0 aliphatic heterocycles. The van der Waals surface area contributed by atoms with Gasteiger partial charge in [-0.2, -0.15) is 5.26 Å². The number of methoxy groups -OCH3 is 1. The molecule has 2 aromatic carbocycles. The first-order chi connectivity index (χ1) is 14.2. The molecule has 0 N–H and O–H groups in total. The van der Waals surface area contributed by atoms with Crippen LogP contribution in [0.4, 0.5) is 16.5 Å². The average Bonchev–Trinajstić information content (AvgIpc) is 3.07. The van der Waals surface area contributed by atoms with E-state index >= 15 is 0 Å². The molecule has 0 radical (unpaired) electrons. The number of fused-ring (bicyclic) bond motifs is 1. The fourth-order valence-corrected chi connectivity index (χ4v) is 4.07. The standard InChI is InChI=1S/C22H26N5OS/c1-4-5-14-27(15-6-13-23)18-9-7-17(8-10-18)24-25-22-26(2)20-12-11-19(28-3)16-21(20)29-22/h7-12,16H,4-6,14-15H2,1-3H3/q+1. The van der Waals surface area contributed by atoms with Crippen molar-refractivity contribution in [3.05, 3.63) is 42.5 Å². The molecule has 0 amide bonds. The van der Waals surface area contributed by atoms with E-state index in [0.29, 0.717) is 6.42 Å². The van der Waals surface area contributed by atoms with Gasteiger partial charge in [-0.3, -0.25) is 0 Å². The Balaban J connectivity index is 1.76. The predicted octanol–water partition coefficient (Wildman–Crippen LogP) is 5.67. The lowest BCUT2D eigenvalue weighted by molar-refractivity contribution is -0.627. The molecule has 0 unspecified atom stereocenters. The van der Waals surface area contributed by atoms with E-state index in [1.54, 1.807) is 18.4 Å². The van der Waals surface area contributed by atoms with Gasteiger partial charge >= 0.3 is 5.13 Å². The average molecular weight is 409 g/mol. The summed E-state index contributed by atoms with van der Waals surface area (Å²) in [7, 11) is 3.66. The Kier molecular flexibility index (Phi) is 7.14.